The lowest BCUT2D eigenvalue weighted by Gasteiger charge is -2.29. The number of benzene rings is 2. The molecule has 3 aromatic rings. The van der Waals surface area contributed by atoms with Crippen molar-refractivity contribution in [3.63, 3.8) is 0 Å². The first-order valence-corrected chi connectivity index (χ1v) is 9.97. The highest BCUT2D eigenvalue weighted by atomic mass is 35.5. The third-order valence-electron chi connectivity index (χ3n) is 5.62. The van der Waals surface area contributed by atoms with Gasteiger partial charge in [0.1, 0.15) is 27.4 Å². The monoisotopic (exact) mass is 485 g/mol. The van der Waals surface area contributed by atoms with Crippen molar-refractivity contribution in [3.05, 3.63) is 16.4 Å². The molecular weight excluding hydrogens is 466 g/mol. The van der Waals surface area contributed by atoms with E-state index >= 15 is 0 Å². The van der Waals surface area contributed by atoms with Crippen LogP contribution in [0.15, 0.2) is 0 Å². The van der Waals surface area contributed by atoms with E-state index in [2.05, 4.69) is 4.98 Å². The number of phenolic OH excluding ortho intramolecular Hbond substituents is 8. The summed E-state index contributed by atoms with van der Waals surface area (Å²) in [6.07, 6.45) is 1.67. The Kier molecular flexibility index (Phi) is 5.16. The van der Waals surface area contributed by atoms with Crippen LogP contribution in [0.25, 0.3) is 11.0 Å². The van der Waals surface area contributed by atoms with Crippen molar-refractivity contribution < 1.29 is 51.1 Å². The summed E-state index contributed by atoms with van der Waals surface area (Å²) in [7, 11) is 0. The normalized spacial score (nSPS) is 15.0. The molecule has 178 valence electrons. The number of aliphatic hydroxyl groups is 2. The van der Waals surface area contributed by atoms with E-state index < -0.39 is 73.5 Å². The van der Waals surface area contributed by atoms with Crippen molar-refractivity contribution >= 4 is 22.6 Å². The van der Waals surface area contributed by atoms with Crippen LogP contribution in [0.3, 0.4) is 0 Å². The van der Waals surface area contributed by atoms with Gasteiger partial charge in [0.15, 0.2) is 34.5 Å². The zero-order chi connectivity index (χ0) is 24.4. The third-order valence-corrected chi connectivity index (χ3v) is 5.98. The molecule has 0 aliphatic carbocycles. The number of aromatic hydroxyl groups is 8. The number of phenols is 8. The van der Waals surface area contributed by atoms with Gasteiger partial charge in [-0.05, 0) is 25.9 Å². The maximum Gasteiger partial charge on any atom is 0.288 e. The fraction of sp³-hybridized carbons (Fsp3) is 0.316. The Morgan fingerprint density at radius 1 is 0.727 bits per heavy atom. The summed E-state index contributed by atoms with van der Waals surface area (Å²) in [5.41, 5.74) is -2.49. The van der Waals surface area contributed by atoms with Crippen LogP contribution in [0.4, 0.5) is 0 Å². The van der Waals surface area contributed by atoms with E-state index in [1.807, 2.05) is 4.90 Å². The van der Waals surface area contributed by atoms with Crippen LogP contribution in [-0.4, -0.2) is 78.6 Å². The third kappa shape index (κ3) is 3.16. The second kappa shape index (κ2) is 7.52. The Bertz CT molecular complexity index is 1250. The van der Waals surface area contributed by atoms with E-state index in [1.165, 1.54) is 0 Å². The first-order valence-electron chi connectivity index (χ1n) is 9.60. The summed E-state index contributed by atoms with van der Waals surface area (Å²) < 4.78 is 0.455. The molecular formula is C19H20ClN3O10. The number of nitrogens with zero attached hydrogens (tertiary/aromatic N) is 3. The summed E-state index contributed by atoms with van der Waals surface area (Å²) in [5.74, 6) is -13.2. The molecule has 1 fully saturated rings. The minimum absolute atomic E-state index is 0.0922. The van der Waals surface area contributed by atoms with Gasteiger partial charge in [-0.25, -0.2) is 4.98 Å². The fourth-order valence-corrected chi connectivity index (χ4v) is 4.16. The molecule has 1 saturated heterocycles. The van der Waals surface area contributed by atoms with Crippen molar-refractivity contribution in [2.75, 3.05) is 13.1 Å². The minimum atomic E-state index is -3.55. The van der Waals surface area contributed by atoms with E-state index in [9.17, 15) is 51.1 Å². The molecule has 0 amide bonds. The Hall–Kier alpha value is -3.52. The van der Waals surface area contributed by atoms with Crippen LogP contribution in [-0.2, 0) is 12.5 Å². The van der Waals surface area contributed by atoms with Crippen LogP contribution in [0.1, 0.15) is 24.2 Å². The van der Waals surface area contributed by atoms with E-state index in [1.54, 1.807) is 0 Å². The molecule has 0 bridgehead atoms. The van der Waals surface area contributed by atoms with E-state index in [0.29, 0.717) is 17.7 Å². The van der Waals surface area contributed by atoms with Crippen molar-refractivity contribution in [2.24, 2.45) is 0 Å². The highest BCUT2D eigenvalue weighted by Gasteiger charge is 2.43. The van der Waals surface area contributed by atoms with Gasteiger partial charge in [-0.15, -0.1) is 0 Å². The predicted molar refractivity (Wildman–Crippen MR) is 111 cm³/mol. The van der Waals surface area contributed by atoms with E-state index in [0.717, 1.165) is 12.8 Å². The maximum absolute atomic E-state index is 11.1. The topological polar surface area (TPSA) is 223 Å². The Morgan fingerprint density at radius 2 is 1.24 bits per heavy atom. The van der Waals surface area contributed by atoms with Crippen LogP contribution in [0.5, 0.6) is 46.0 Å². The highest BCUT2D eigenvalue weighted by molar-refractivity contribution is 6.34. The molecule has 1 aromatic heterocycles. The molecule has 10 N–H and O–H groups in total. The summed E-state index contributed by atoms with van der Waals surface area (Å²) in [5, 5.41) is 103. The maximum atomic E-state index is 11.1. The Labute approximate surface area is 189 Å². The predicted octanol–water partition coefficient (Wildman–Crippen LogP) is 0.574. The average Bonchev–Trinajstić information content (AvgIpc) is 3.42. The van der Waals surface area contributed by atoms with Crippen LogP contribution in [0, 0.1) is 0 Å². The van der Waals surface area contributed by atoms with E-state index in [-0.39, 0.29) is 12.4 Å². The zero-order valence-corrected chi connectivity index (χ0v) is 17.5. The first kappa shape index (κ1) is 22.7. The van der Waals surface area contributed by atoms with Crippen molar-refractivity contribution in [2.45, 2.75) is 25.3 Å². The zero-order valence-electron chi connectivity index (χ0n) is 16.7. The molecule has 2 heterocycles. The summed E-state index contributed by atoms with van der Waals surface area (Å²) in [6.45, 7) is 1.10. The van der Waals surface area contributed by atoms with Crippen LogP contribution < -0.4 is 0 Å². The number of halogens is 1. The van der Waals surface area contributed by atoms with Gasteiger partial charge in [-0.3, -0.25) is 9.47 Å². The number of fused-ring (bicyclic) bond motifs is 1. The van der Waals surface area contributed by atoms with Gasteiger partial charge in [0.2, 0.25) is 11.5 Å². The van der Waals surface area contributed by atoms with Gasteiger partial charge in [0.05, 0.1) is 6.54 Å². The van der Waals surface area contributed by atoms with Crippen molar-refractivity contribution in [1.82, 2.24) is 14.5 Å². The molecule has 1 aliphatic heterocycles. The lowest BCUT2D eigenvalue weighted by molar-refractivity contribution is -0.193. The average molecular weight is 486 g/mol. The molecule has 13 nitrogen and oxygen atoms in total. The first-order chi connectivity index (χ1) is 15.4. The number of likely N-dealkylation sites (tertiary alicyclic amines) is 1. The molecule has 4 rings (SSSR count). The minimum Gasteiger partial charge on any atom is -0.504 e. The van der Waals surface area contributed by atoms with Crippen LogP contribution in [0.2, 0.25) is 5.02 Å². The Balaban J connectivity index is 2.09. The van der Waals surface area contributed by atoms with Crippen LogP contribution >= 0.6 is 11.6 Å². The number of hydrogen-bond acceptors (Lipinski definition) is 12. The second-order valence-electron chi connectivity index (χ2n) is 7.66. The van der Waals surface area contributed by atoms with Gasteiger partial charge in [-0.2, -0.15) is 0 Å². The van der Waals surface area contributed by atoms with Gasteiger partial charge in [0, 0.05) is 0 Å². The van der Waals surface area contributed by atoms with Crippen molar-refractivity contribution in [3.8, 4) is 46.0 Å². The number of imidazole rings is 1. The van der Waals surface area contributed by atoms with Gasteiger partial charge in [0.25, 0.3) is 5.91 Å². The van der Waals surface area contributed by atoms with Gasteiger partial charge in [-0.1, -0.05) is 11.6 Å². The number of aromatic nitrogens is 2. The molecule has 33 heavy (non-hydrogen) atoms. The standard InChI is InChI=1S/C19H20ClN3O10/c20-8-13(26)11(24)7(12(25)14(8)27)19(32,33)23-6(5-22-3-1-2-4-22)21-9-10(23)16(29)18(31)17(30)15(9)28/h24-33H,1-5H2. The molecule has 14 heteroatoms. The van der Waals surface area contributed by atoms with Gasteiger partial charge >= 0.3 is 0 Å². The van der Waals surface area contributed by atoms with Gasteiger partial charge < -0.3 is 51.1 Å². The molecule has 1 aliphatic rings. The summed E-state index contributed by atoms with van der Waals surface area (Å²) >= 11 is 5.62. The molecule has 0 saturated carbocycles. The lowest BCUT2D eigenvalue weighted by Crippen LogP contribution is -2.37. The Morgan fingerprint density at radius 3 is 1.79 bits per heavy atom. The molecule has 0 atom stereocenters. The highest BCUT2D eigenvalue weighted by Crippen LogP contribution is 2.55. The SMILES string of the molecule is Oc1c(O)c(C(O)(O)n2c(CN3CCCC3)nc3c(O)c(O)c(O)c(O)c32)c(O)c(O)c1Cl. The summed E-state index contributed by atoms with van der Waals surface area (Å²) in [4.78, 5) is 5.89. The quantitative estimate of drug-likeness (QED) is 0.139. The fourth-order valence-electron chi connectivity index (χ4n) is 3.98. The summed E-state index contributed by atoms with van der Waals surface area (Å²) in [6, 6.07) is 0. The smallest absolute Gasteiger partial charge is 0.288 e. The lowest BCUT2D eigenvalue weighted by atomic mass is 10.1. The van der Waals surface area contributed by atoms with Crippen molar-refractivity contribution in [1.29, 1.82) is 0 Å². The molecule has 0 radical (unpaired) electrons. The molecule has 0 spiro atoms. The number of rotatable bonds is 4. The van der Waals surface area contributed by atoms with E-state index in [4.69, 9.17) is 11.6 Å². The molecule has 0 unspecified atom stereocenters. The largest absolute Gasteiger partial charge is 0.504 e. The molecule has 2 aromatic carbocycles. The second-order valence-corrected chi connectivity index (χ2v) is 8.04. The number of hydrogen-bond donors (Lipinski definition) is 10.